The van der Waals surface area contributed by atoms with Gasteiger partial charge in [0.05, 0.1) is 35.4 Å². The average Bonchev–Trinajstić information content (AvgIpc) is 3.21. The predicted octanol–water partition coefficient (Wildman–Crippen LogP) is 5.94. The number of rotatable bonds is 6. The molecule has 0 saturated carbocycles. The molecule has 30 heavy (non-hydrogen) atoms. The van der Waals surface area contributed by atoms with Gasteiger partial charge in [0.15, 0.2) is 0 Å². The normalized spacial score (nSPS) is 10.8. The smallest absolute Gasteiger partial charge is 0.337 e. The summed E-state index contributed by atoms with van der Waals surface area (Å²) in [6.07, 6.45) is 1.50. The molecular formula is C22H18ClN3O3S. The molecule has 0 fully saturated rings. The van der Waals surface area contributed by atoms with Crippen molar-refractivity contribution in [2.75, 3.05) is 19.0 Å². The third-order valence-electron chi connectivity index (χ3n) is 4.49. The molecule has 4 aromatic rings. The highest BCUT2D eigenvalue weighted by molar-refractivity contribution is 7.17. The molecule has 1 N–H and O–H groups in total. The molecule has 0 unspecified atom stereocenters. The Hall–Kier alpha value is -3.16. The van der Waals surface area contributed by atoms with E-state index >= 15 is 0 Å². The molecule has 2 aromatic heterocycles. The van der Waals surface area contributed by atoms with Crippen LogP contribution in [0.2, 0.25) is 5.02 Å². The molecule has 152 valence electrons. The lowest BCUT2D eigenvalue weighted by molar-refractivity contribution is 0.0601. The Bertz CT molecular complexity index is 1210. The zero-order valence-corrected chi connectivity index (χ0v) is 17.9. The molecular weight excluding hydrogens is 422 g/mol. The number of methoxy groups -OCH3 is 1. The van der Waals surface area contributed by atoms with E-state index in [1.165, 1.54) is 24.8 Å². The molecule has 0 spiro atoms. The largest absolute Gasteiger partial charge is 0.494 e. The van der Waals surface area contributed by atoms with Crippen LogP contribution in [0.15, 0.2) is 54.2 Å². The zero-order chi connectivity index (χ0) is 21.1. The number of hydrogen-bond donors (Lipinski definition) is 1. The maximum atomic E-state index is 11.9. The van der Waals surface area contributed by atoms with Gasteiger partial charge in [-0.2, -0.15) is 0 Å². The zero-order valence-electron chi connectivity index (χ0n) is 16.3. The van der Waals surface area contributed by atoms with Gasteiger partial charge in [-0.1, -0.05) is 23.7 Å². The van der Waals surface area contributed by atoms with E-state index in [2.05, 4.69) is 15.3 Å². The molecule has 0 aliphatic carbocycles. The van der Waals surface area contributed by atoms with Gasteiger partial charge in [-0.3, -0.25) is 0 Å². The van der Waals surface area contributed by atoms with E-state index in [9.17, 15) is 4.79 Å². The molecule has 0 aliphatic rings. The molecule has 0 aliphatic heterocycles. The van der Waals surface area contributed by atoms with E-state index in [0.29, 0.717) is 28.7 Å². The number of anilines is 2. The second-order valence-electron chi connectivity index (χ2n) is 6.32. The summed E-state index contributed by atoms with van der Waals surface area (Å²) in [4.78, 5) is 21.6. The standard InChI is InChI=1S/C22H18ClN3O3S/c1-3-29-15-7-4-13(5-8-15)16-11-30-21-19(16)20(24-12-25-21)26-18-10-14(22(27)28-2)6-9-17(18)23/h4-12H,3H2,1-2H3,(H,24,25,26). The summed E-state index contributed by atoms with van der Waals surface area (Å²) < 4.78 is 10.3. The Balaban J connectivity index is 1.76. The summed E-state index contributed by atoms with van der Waals surface area (Å²) in [6.45, 7) is 2.57. The van der Waals surface area contributed by atoms with Gasteiger partial charge in [-0.15, -0.1) is 11.3 Å². The van der Waals surface area contributed by atoms with Crippen molar-refractivity contribution in [1.82, 2.24) is 9.97 Å². The van der Waals surface area contributed by atoms with Gasteiger partial charge in [-0.05, 0) is 42.8 Å². The first-order chi connectivity index (χ1) is 14.6. The number of benzene rings is 2. The van der Waals surface area contributed by atoms with Crippen LogP contribution >= 0.6 is 22.9 Å². The summed E-state index contributed by atoms with van der Waals surface area (Å²) >= 11 is 7.89. The number of carbonyl (C=O) groups is 1. The van der Waals surface area contributed by atoms with E-state index in [0.717, 1.165) is 27.1 Å². The van der Waals surface area contributed by atoms with Crippen LogP contribution in [0.3, 0.4) is 0 Å². The second kappa shape index (κ2) is 8.69. The number of aromatic nitrogens is 2. The van der Waals surface area contributed by atoms with Crippen LogP contribution in [-0.2, 0) is 4.74 Å². The molecule has 2 aromatic carbocycles. The first-order valence-electron chi connectivity index (χ1n) is 9.21. The lowest BCUT2D eigenvalue weighted by Gasteiger charge is -2.11. The molecule has 0 amide bonds. The van der Waals surface area contributed by atoms with Crippen LogP contribution in [0.4, 0.5) is 11.5 Å². The first kappa shape index (κ1) is 20.1. The van der Waals surface area contributed by atoms with E-state index in [1.807, 2.05) is 36.6 Å². The van der Waals surface area contributed by atoms with Crippen molar-refractivity contribution in [3.63, 3.8) is 0 Å². The van der Waals surface area contributed by atoms with Crippen molar-refractivity contribution in [1.29, 1.82) is 0 Å². The lowest BCUT2D eigenvalue weighted by Crippen LogP contribution is -2.03. The minimum atomic E-state index is -0.437. The quantitative estimate of drug-likeness (QED) is 0.375. The third kappa shape index (κ3) is 3.94. The van der Waals surface area contributed by atoms with E-state index < -0.39 is 5.97 Å². The van der Waals surface area contributed by atoms with Crippen LogP contribution in [0.1, 0.15) is 17.3 Å². The van der Waals surface area contributed by atoms with E-state index in [-0.39, 0.29) is 0 Å². The minimum Gasteiger partial charge on any atom is -0.494 e. The lowest BCUT2D eigenvalue weighted by atomic mass is 10.1. The van der Waals surface area contributed by atoms with Crippen LogP contribution in [0.25, 0.3) is 21.3 Å². The molecule has 8 heteroatoms. The average molecular weight is 440 g/mol. The summed E-state index contributed by atoms with van der Waals surface area (Å²) in [6, 6.07) is 12.8. The van der Waals surface area contributed by atoms with E-state index in [1.54, 1.807) is 18.2 Å². The number of halogens is 1. The Labute approximate surface area is 182 Å². The summed E-state index contributed by atoms with van der Waals surface area (Å²) in [7, 11) is 1.34. The van der Waals surface area contributed by atoms with Crippen LogP contribution in [0.5, 0.6) is 5.75 Å². The SMILES string of the molecule is CCOc1ccc(-c2csc3ncnc(Nc4cc(C(=O)OC)ccc4Cl)c23)cc1. The van der Waals surface area contributed by atoms with Gasteiger partial charge >= 0.3 is 5.97 Å². The van der Waals surface area contributed by atoms with Crippen molar-refractivity contribution >= 4 is 50.6 Å². The fourth-order valence-electron chi connectivity index (χ4n) is 3.07. The number of fused-ring (bicyclic) bond motifs is 1. The first-order valence-corrected chi connectivity index (χ1v) is 10.5. The Morgan fingerprint density at radius 3 is 2.70 bits per heavy atom. The topological polar surface area (TPSA) is 73.3 Å². The maximum Gasteiger partial charge on any atom is 0.337 e. The van der Waals surface area contributed by atoms with Gasteiger partial charge in [-0.25, -0.2) is 14.8 Å². The van der Waals surface area contributed by atoms with Gasteiger partial charge in [0.25, 0.3) is 0 Å². The second-order valence-corrected chi connectivity index (χ2v) is 7.59. The predicted molar refractivity (Wildman–Crippen MR) is 120 cm³/mol. The van der Waals surface area contributed by atoms with Crippen molar-refractivity contribution in [3.8, 4) is 16.9 Å². The number of esters is 1. The van der Waals surface area contributed by atoms with E-state index in [4.69, 9.17) is 21.1 Å². The van der Waals surface area contributed by atoms with Crippen molar-refractivity contribution in [3.05, 3.63) is 64.8 Å². The van der Waals surface area contributed by atoms with Gasteiger partial charge in [0.2, 0.25) is 0 Å². The fourth-order valence-corrected chi connectivity index (χ4v) is 4.15. The Morgan fingerprint density at radius 1 is 1.17 bits per heavy atom. The highest BCUT2D eigenvalue weighted by atomic mass is 35.5. The molecule has 0 atom stereocenters. The van der Waals surface area contributed by atoms with Crippen molar-refractivity contribution in [2.24, 2.45) is 0 Å². The van der Waals surface area contributed by atoms with Crippen LogP contribution < -0.4 is 10.1 Å². The molecule has 0 radical (unpaired) electrons. The fraction of sp³-hybridized carbons (Fsp3) is 0.136. The molecule has 2 heterocycles. The number of ether oxygens (including phenoxy) is 2. The number of carbonyl (C=O) groups excluding carboxylic acids is 1. The molecule has 0 bridgehead atoms. The number of nitrogens with one attached hydrogen (secondary N) is 1. The summed E-state index contributed by atoms with van der Waals surface area (Å²) in [5.74, 6) is 0.990. The van der Waals surface area contributed by atoms with Crippen molar-refractivity contribution in [2.45, 2.75) is 6.92 Å². The third-order valence-corrected chi connectivity index (χ3v) is 5.70. The maximum absolute atomic E-state index is 11.9. The van der Waals surface area contributed by atoms with Crippen LogP contribution in [-0.4, -0.2) is 29.7 Å². The molecule has 0 saturated heterocycles. The number of thiophene rings is 1. The molecule has 6 nitrogen and oxygen atoms in total. The minimum absolute atomic E-state index is 0.395. The van der Waals surface area contributed by atoms with Crippen molar-refractivity contribution < 1.29 is 14.3 Å². The van der Waals surface area contributed by atoms with Gasteiger partial charge in [0, 0.05) is 10.9 Å². The number of hydrogen-bond acceptors (Lipinski definition) is 7. The summed E-state index contributed by atoms with van der Waals surface area (Å²) in [5, 5.41) is 6.65. The Kier molecular flexibility index (Phi) is 5.83. The highest BCUT2D eigenvalue weighted by Crippen LogP contribution is 2.38. The Morgan fingerprint density at radius 2 is 1.97 bits per heavy atom. The summed E-state index contributed by atoms with van der Waals surface area (Å²) in [5.41, 5.74) is 2.98. The highest BCUT2D eigenvalue weighted by Gasteiger charge is 2.16. The van der Waals surface area contributed by atoms with Gasteiger partial charge < -0.3 is 14.8 Å². The van der Waals surface area contributed by atoms with Crippen LogP contribution in [0, 0.1) is 0 Å². The monoisotopic (exact) mass is 439 g/mol. The molecule has 4 rings (SSSR count). The number of nitrogens with zero attached hydrogens (tertiary/aromatic N) is 2. The van der Waals surface area contributed by atoms with Gasteiger partial charge in [0.1, 0.15) is 22.7 Å².